The highest BCUT2D eigenvalue weighted by molar-refractivity contribution is 6.35. The highest BCUT2D eigenvalue weighted by Gasteiger charge is 2.09. The minimum Gasteiger partial charge on any atom is -0.373 e. The second-order valence-electron chi connectivity index (χ2n) is 4.36. The van der Waals surface area contributed by atoms with E-state index in [4.69, 9.17) is 23.2 Å². The van der Waals surface area contributed by atoms with E-state index >= 15 is 0 Å². The lowest BCUT2D eigenvalue weighted by molar-refractivity contribution is 0.929. The molecule has 19 heavy (non-hydrogen) atoms. The average Bonchev–Trinajstić information content (AvgIpc) is 2.37. The molecule has 0 atom stereocenters. The Labute approximate surface area is 123 Å². The fraction of sp³-hybridized carbons (Fsp3) is 0.286. The van der Waals surface area contributed by atoms with E-state index in [-0.39, 0.29) is 0 Å². The Morgan fingerprint density at radius 3 is 2.53 bits per heavy atom. The Bertz CT molecular complexity index is 612. The topological polar surface area (TPSA) is 37.8 Å². The lowest BCUT2D eigenvalue weighted by atomic mass is 10.1. The monoisotopic (exact) mass is 295 g/mol. The maximum Gasteiger partial charge on any atom is 0.135 e. The van der Waals surface area contributed by atoms with Gasteiger partial charge in [-0.25, -0.2) is 9.97 Å². The second-order valence-corrected chi connectivity index (χ2v) is 5.20. The standard InChI is InChI=1S/C14H15Cl2N3/c1-8-9(2)18-13(19-14(8)17-3)6-10-4-5-11(15)7-12(10)16/h4-5,7H,6H2,1-3H3,(H,17,18,19). The molecule has 1 aromatic carbocycles. The molecule has 1 heterocycles. The van der Waals surface area contributed by atoms with E-state index in [0.29, 0.717) is 16.5 Å². The molecule has 100 valence electrons. The van der Waals surface area contributed by atoms with Crippen LogP contribution in [-0.2, 0) is 6.42 Å². The maximum atomic E-state index is 6.17. The van der Waals surface area contributed by atoms with Crippen molar-refractivity contribution < 1.29 is 0 Å². The largest absolute Gasteiger partial charge is 0.373 e. The van der Waals surface area contributed by atoms with Crippen molar-refractivity contribution >= 4 is 29.0 Å². The van der Waals surface area contributed by atoms with Crippen LogP contribution < -0.4 is 5.32 Å². The van der Waals surface area contributed by atoms with Crippen molar-refractivity contribution in [2.75, 3.05) is 12.4 Å². The third kappa shape index (κ3) is 3.17. The quantitative estimate of drug-likeness (QED) is 0.929. The first-order chi connectivity index (χ1) is 9.01. The highest BCUT2D eigenvalue weighted by Crippen LogP contribution is 2.23. The van der Waals surface area contributed by atoms with Crippen molar-refractivity contribution in [3.63, 3.8) is 0 Å². The molecule has 0 amide bonds. The predicted octanol–water partition coefficient (Wildman–Crippen LogP) is 4.03. The molecule has 2 rings (SSSR count). The highest BCUT2D eigenvalue weighted by atomic mass is 35.5. The molecule has 0 aliphatic carbocycles. The molecule has 0 aliphatic rings. The predicted molar refractivity (Wildman–Crippen MR) is 80.3 cm³/mol. The second kappa shape index (κ2) is 5.76. The van der Waals surface area contributed by atoms with Gasteiger partial charge in [0.1, 0.15) is 11.6 Å². The molecule has 1 N–H and O–H groups in total. The van der Waals surface area contributed by atoms with Gasteiger partial charge in [0.2, 0.25) is 0 Å². The van der Waals surface area contributed by atoms with Crippen LogP contribution in [0.4, 0.5) is 5.82 Å². The smallest absolute Gasteiger partial charge is 0.135 e. The Morgan fingerprint density at radius 2 is 1.89 bits per heavy atom. The molecule has 1 aromatic heterocycles. The number of nitrogens with zero attached hydrogens (tertiary/aromatic N) is 2. The first-order valence-corrected chi connectivity index (χ1v) is 6.72. The van der Waals surface area contributed by atoms with E-state index in [1.54, 1.807) is 6.07 Å². The van der Waals surface area contributed by atoms with Crippen molar-refractivity contribution in [2.24, 2.45) is 0 Å². The normalized spacial score (nSPS) is 10.6. The molecular weight excluding hydrogens is 281 g/mol. The first kappa shape index (κ1) is 14.1. The number of hydrogen-bond acceptors (Lipinski definition) is 3. The van der Waals surface area contributed by atoms with Crippen molar-refractivity contribution in [3.05, 3.63) is 50.9 Å². The van der Waals surface area contributed by atoms with Gasteiger partial charge in [0.15, 0.2) is 0 Å². The average molecular weight is 296 g/mol. The summed E-state index contributed by atoms with van der Waals surface area (Å²) >= 11 is 12.1. The van der Waals surface area contributed by atoms with Gasteiger partial charge >= 0.3 is 0 Å². The molecule has 0 spiro atoms. The van der Waals surface area contributed by atoms with Crippen molar-refractivity contribution in [1.82, 2.24) is 9.97 Å². The van der Waals surface area contributed by atoms with Crippen LogP contribution in [0, 0.1) is 13.8 Å². The number of rotatable bonds is 3. The van der Waals surface area contributed by atoms with Crippen LogP contribution in [0.15, 0.2) is 18.2 Å². The molecule has 0 saturated heterocycles. The van der Waals surface area contributed by atoms with Crippen LogP contribution in [0.25, 0.3) is 0 Å². The zero-order chi connectivity index (χ0) is 14.0. The SMILES string of the molecule is CNc1nc(Cc2ccc(Cl)cc2Cl)nc(C)c1C. The molecule has 0 aliphatic heterocycles. The summed E-state index contributed by atoms with van der Waals surface area (Å²) in [5.41, 5.74) is 3.00. The van der Waals surface area contributed by atoms with Gasteiger partial charge in [-0.15, -0.1) is 0 Å². The third-order valence-corrected chi connectivity index (χ3v) is 3.62. The summed E-state index contributed by atoms with van der Waals surface area (Å²) in [6.07, 6.45) is 0.589. The van der Waals surface area contributed by atoms with Gasteiger partial charge in [0.25, 0.3) is 0 Å². The fourth-order valence-corrected chi connectivity index (χ4v) is 2.32. The van der Waals surface area contributed by atoms with Crippen LogP contribution in [-0.4, -0.2) is 17.0 Å². The maximum absolute atomic E-state index is 6.17. The van der Waals surface area contributed by atoms with Crippen LogP contribution >= 0.6 is 23.2 Å². The summed E-state index contributed by atoms with van der Waals surface area (Å²) in [5, 5.41) is 4.35. The summed E-state index contributed by atoms with van der Waals surface area (Å²) in [7, 11) is 1.85. The minimum atomic E-state index is 0.589. The molecule has 0 saturated carbocycles. The summed E-state index contributed by atoms with van der Waals surface area (Å²) in [6, 6.07) is 5.46. The third-order valence-electron chi connectivity index (χ3n) is 3.04. The number of aryl methyl sites for hydroxylation is 1. The van der Waals surface area contributed by atoms with Crippen molar-refractivity contribution in [1.29, 1.82) is 0 Å². The van der Waals surface area contributed by atoms with Gasteiger partial charge in [-0.1, -0.05) is 29.3 Å². The summed E-state index contributed by atoms with van der Waals surface area (Å²) in [6.45, 7) is 3.98. The summed E-state index contributed by atoms with van der Waals surface area (Å²) in [5.74, 6) is 1.60. The lowest BCUT2D eigenvalue weighted by Gasteiger charge is -2.10. The summed E-state index contributed by atoms with van der Waals surface area (Å²) < 4.78 is 0. The van der Waals surface area contributed by atoms with Gasteiger partial charge in [0, 0.05) is 34.8 Å². The van der Waals surface area contributed by atoms with E-state index in [9.17, 15) is 0 Å². The van der Waals surface area contributed by atoms with Crippen molar-refractivity contribution in [2.45, 2.75) is 20.3 Å². The number of benzene rings is 1. The van der Waals surface area contributed by atoms with E-state index in [0.717, 1.165) is 28.5 Å². The lowest BCUT2D eigenvalue weighted by Crippen LogP contribution is -2.06. The Morgan fingerprint density at radius 1 is 1.16 bits per heavy atom. The van der Waals surface area contributed by atoms with Gasteiger partial charge < -0.3 is 5.32 Å². The Hall–Kier alpha value is -1.32. The van der Waals surface area contributed by atoms with Crippen LogP contribution in [0.3, 0.4) is 0 Å². The number of hydrogen-bond donors (Lipinski definition) is 1. The van der Waals surface area contributed by atoms with Crippen LogP contribution in [0.1, 0.15) is 22.6 Å². The Balaban J connectivity index is 2.35. The van der Waals surface area contributed by atoms with Gasteiger partial charge in [0.05, 0.1) is 0 Å². The van der Waals surface area contributed by atoms with Gasteiger partial charge in [-0.05, 0) is 31.5 Å². The summed E-state index contributed by atoms with van der Waals surface area (Å²) in [4.78, 5) is 8.99. The van der Waals surface area contributed by atoms with Crippen molar-refractivity contribution in [3.8, 4) is 0 Å². The molecule has 0 radical (unpaired) electrons. The molecule has 3 nitrogen and oxygen atoms in total. The number of anilines is 1. The Kier molecular flexibility index (Phi) is 4.27. The zero-order valence-corrected chi connectivity index (χ0v) is 12.6. The molecule has 0 fully saturated rings. The van der Waals surface area contributed by atoms with E-state index in [1.807, 2.05) is 33.0 Å². The van der Waals surface area contributed by atoms with Crippen LogP contribution in [0.5, 0.6) is 0 Å². The number of nitrogens with one attached hydrogen (secondary N) is 1. The van der Waals surface area contributed by atoms with Gasteiger partial charge in [-0.3, -0.25) is 0 Å². The van der Waals surface area contributed by atoms with Gasteiger partial charge in [-0.2, -0.15) is 0 Å². The number of aromatic nitrogens is 2. The molecule has 0 unspecified atom stereocenters. The molecule has 0 bridgehead atoms. The fourth-order valence-electron chi connectivity index (χ4n) is 1.84. The van der Waals surface area contributed by atoms with E-state index in [1.165, 1.54) is 0 Å². The zero-order valence-electron chi connectivity index (χ0n) is 11.1. The first-order valence-electron chi connectivity index (χ1n) is 5.97. The number of halogens is 2. The molecule has 5 heteroatoms. The van der Waals surface area contributed by atoms with E-state index in [2.05, 4.69) is 15.3 Å². The molecular formula is C14H15Cl2N3. The van der Waals surface area contributed by atoms with E-state index < -0.39 is 0 Å². The molecule has 2 aromatic rings. The van der Waals surface area contributed by atoms with Crippen LogP contribution in [0.2, 0.25) is 10.0 Å². The minimum absolute atomic E-state index is 0.589.